The van der Waals surface area contributed by atoms with Gasteiger partial charge in [-0.2, -0.15) is 0 Å². The molecule has 0 unspecified atom stereocenters. The predicted octanol–water partition coefficient (Wildman–Crippen LogP) is 2.27. The van der Waals surface area contributed by atoms with E-state index in [1.807, 2.05) is 12.1 Å². The third-order valence-electron chi connectivity index (χ3n) is 4.44. The molecule has 0 spiro atoms. The molecule has 0 aromatic heterocycles. The topological polar surface area (TPSA) is 84.9 Å². The van der Waals surface area contributed by atoms with E-state index in [-0.39, 0.29) is 5.91 Å². The van der Waals surface area contributed by atoms with Crippen LogP contribution in [0.4, 0.5) is 5.69 Å². The summed E-state index contributed by atoms with van der Waals surface area (Å²) in [5, 5.41) is 0. The van der Waals surface area contributed by atoms with E-state index in [0.717, 1.165) is 23.8 Å². The normalized spacial score (nSPS) is 13.7. The molecule has 0 saturated carbocycles. The van der Waals surface area contributed by atoms with Gasteiger partial charge in [0.1, 0.15) is 0 Å². The van der Waals surface area contributed by atoms with Gasteiger partial charge in [0.25, 0.3) is 5.91 Å². The van der Waals surface area contributed by atoms with Gasteiger partial charge in [-0.15, -0.1) is 0 Å². The highest BCUT2D eigenvalue weighted by atomic mass is 32.2. The molecule has 1 aliphatic heterocycles. The number of carbonyl (C=O) groups excluding carboxylic acids is 1. The molecule has 1 aliphatic rings. The van der Waals surface area contributed by atoms with Crippen molar-refractivity contribution in [1.29, 1.82) is 0 Å². The molecule has 8 heteroatoms. The lowest BCUT2D eigenvalue weighted by atomic mass is 9.98. The number of fused-ring (bicyclic) bond motifs is 1. The second-order valence-electron chi connectivity index (χ2n) is 6.40. The molecule has 3 rings (SSSR count). The number of amides is 1. The molecule has 0 bridgehead atoms. The minimum absolute atomic E-state index is 0.0960. The van der Waals surface area contributed by atoms with Crippen molar-refractivity contribution in [2.75, 3.05) is 31.7 Å². The highest BCUT2D eigenvalue weighted by Gasteiger charge is 2.23. The highest BCUT2D eigenvalue weighted by molar-refractivity contribution is 7.92. The van der Waals surface area contributed by atoms with Crippen molar-refractivity contribution in [1.82, 2.24) is 4.90 Å². The molecular weight excluding hydrogens is 368 g/mol. The van der Waals surface area contributed by atoms with E-state index in [0.29, 0.717) is 35.8 Å². The number of carbonyl (C=O) groups is 1. The lowest BCUT2D eigenvalue weighted by Crippen LogP contribution is -2.36. The summed E-state index contributed by atoms with van der Waals surface area (Å²) in [5.74, 6) is 1.23. The molecule has 2 aromatic carbocycles. The molecule has 7 nitrogen and oxygen atoms in total. The monoisotopic (exact) mass is 390 g/mol. The van der Waals surface area contributed by atoms with Crippen LogP contribution in [-0.4, -0.2) is 46.2 Å². The van der Waals surface area contributed by atoms with E-state index in [2.05, 4.69) is 4.72 Å². The fourth-order valence-corrected chi connectivity index (χ4v) is 3.70. The lowest BCUT2D eigenvalue weighted by molar-refractivity contribution is 0.0734. The fourth-order valence-electron chi connectivity index (χ4n) is 3.13. The molecule has 1 N–H and O–H groups in total. The molecule has 27 heavy (non-hydrogen) atoms. The Morgan fingerprint density at radius 1 is 1.04 bits per heavy atom. The van der Waals surface area contributed by atoms with Crippen LogP contribution in [0.2, 0.25) is 0 Å². The first-order chi connectivity index (χ1) is 12.8. The van der Waals surface area contributed by atoms with Crippen LogP contribution in [0.15, 0.2) is 36.4 Å². The van der Waals surface area contributed by atoms with E-state index in [1.165, 1.54) is 0 Å². The van der Waals surface area contributed by atoms with Gasteiger partial charge in [-0.25, -0.2) is 8.42 Å². The van der Waals surface area contributed by atoms with Crippen molar-refractivity contribution < 1.29 is 22.7 Å². The summed E-state index contributed by atoms with van der Waals surface area (Å²) in [7, 11) is -0.156. The molecular formula is C19H22N2O5S. The van der Waals surface area contributed by atoms with Crippen molar-refractivity contribution in [3.05, 3.63) is 53.1 Å². The molecule has 0 fully saturated rings. The first-order valence-electron chi connectivity index (χ1n) is 8.41. The summed E-state index contributed by atoms with van der Waals surface area (Å²) >= 11 is 0. The molecule has 1 heterocycles. The Kier molecular flexibility index (Phi) is 5.27. The van der Waals surface area contributed by atoms with Crippen LogP contribution >= 0.6 is 0 Å². The van der Waals surface area contributed by atoms with E-state index in [9.17, 15) is 13.2 Å². The highest BCUT2D eigenvalue weighted by Crippen LogP contribution is 2.33. The van der Waals surface area contributed by atoms with Gasteiger partial charge in [-0.3, -0.25) is 9.52 Å². The van der Waals surface area contributed by atoms with Crippen LogP contribution in [0.25, 0.3) is 0 Å². The second kappa shape index (κ2) is 7.48. The Bertz CT molecular complexity index is 955. The number of hydrogen-bond donors (Lipinski definition) is 1. The summed E-state index contributed by atoms with van der Waals surface area (Å²) in [6.07, 6.45) is 1.82. The third-order valence-corrected chi connectivity index (χ3v) is 5.05. The number of methoxy groups -OCH3 is 2. The van der Waals surface area contributed by atoms with E-state index >= 15 is 0 Å². The van der Waals surface area contributed by atoms with Crippen LogP contribution in [0.3, 0.4) is 0 Å². The summed E-state index contributed by atoms with van der Waals surface area (Å²) < 4.78 is 35.6. The predicted molar refractivity (Wildman–Crippen MR) is 103 cm³/mol. The number of ether oxygens (including phenoxy) is 2. The van der Waals surface area contributed by atoms with Gasteiger partial charge in [-0.1, -0.05) is 0 Å². The molecule has 144 valence electrons. The average molecular weight is 390 g/mol. The maximum absolute atomic E-state index is 12.8. The Morgan fingerprint density at radius 3 is 2.19 bits per heavy atom. The van der Waals surface area contributed by atoms with Crippen LogP contribution in [0.1, 0.15) is 21.5 Å². The molecule has 0 radical (unpaired) electrons. The van der Waals surface area contributed by atoms with Crippen molar-refractivity contribution in [3.8, 4) is 11.5 Å². The summed E-state index contributed by atoms with van der Waals surface area (Å²) in [6.45, 7) is 1.09. The van der Waals surface area contributed by atoms with Crippen molar-refractivity contribution in [2.45, 2.75) is 13.0 Å². The maximum atomic E-state index is 12.8. The smallest absolute Gasteiger partial charge is 0.254 e. The molecule has 0 saturated heterocycles. The van der Waals surface area contributed by atoms with Crippen molar-refractivity contribution >= 4 is 21.6 Å². The second-order valence-corrected chi connectivity index (χ2v) is 8.15. The molecule has 2 aromatic rings. The Morgan fingerprint density at radius 2 is 1.63 bits per heavy atom. The van der Waals surface area contributed by atoms with Gasteiger partial charge in [-0.05, 0) is 53.9 Å². The lowest BCUT2D eigenvalue weighted by Gasteiger charge is -2.29. The fraction of sp³-hybridized carbons (Fsp3) is 0.316. The first kappa shape index (κ1) is 19.0. The van der Waals surface area contributed by atoms with Gasteiger partial charge in [0, 0.05) is 24.3 Å². The van der Waals surface area contributed by atoms with Crippen molar-refractivity contribution in [2.24, 2.45) is 0 Å². The number of nitrogens with zero attached hydrogens (tertiary/aromatic N) is 1. The Hall–Kier alpha value is -2.74. The zero-order valence-corrected chi connectivity index (χ0v) is 16.3. The minimum Gasteiger partial charge on any atom is -0.493 e. The summed E-state index contributed by atoms with van der Waals surface area (Å²) in [4.78, 5) is 14.6. The number of anilines is 1. The quantitative estimate of drug-likeness (QED) is 0.847. The van der Waals surface area contributed by atoms with E-state index in [4.69, 9.17) is 9.47 Å². The van der Waals surface area contributed by atoms with Crippen LogP contribution in [-0.2, 0) is 23.0 Å². The van der Waals surface area contributed by atoms with Crippen LogP contribution < -0.4 is 14.2 Å². The van der Waals surface area contributed by atoms with Gasteiger partial charge in [0.2, 0.25) is 10.0 Å². The number of rotatable bonds is 5. The van der Waals surface area contributed by atoms with Crippen molar-refractivity contribution in [3.63, 3.8) is 0 Å². The maximum Gasteiger partial charge on any atom is 0.254 e. The zero-order chi connectivity index (χ0) is 19.6. The standard InChI is InChI=1S/C19H22N2O5S/c1-25-17-10-14-8-9-21(12-15(14)11-18(17)26-2)19(22)13-4-6-16(7-5-13)20-27(3,23)24/h4-7,10-11,20H,8-9,12H2,1-3H3. The van der Waals surface area contributed by atoms with Gasteiger partial charge in [0.05, 0.1) is 20.5 Å². The van der Waals surface area contributed by atoms with Gasteiger partial charge in [0.15, 0.2) is 11.5 Å². The summed E-state index contributed by atoms with van der Waals surface area (Å²) in [6, 6.07) is 10.3. The Balaban J connectivity index is 1.77. The third kappa shape index (κ3) is 4.33. The van der Waals surface area contributed by atoms with E-state index in [1.54, 1.807) is 43.4 Å². The van der Waals surface area contributed by atoms with Gasteiger partial charge >= 0.3 is 0 Å². The Labute approximate surface area is 158 Å². The van der Waals surface area contributed by atoms with Crippen LogP contribution in [0.5, 0.6) is 11.5 Å². The van der Waals surface area contributed by atoms with Gasteiger partial charge < -0.3 is 14.4 Å². The average Bonchev–Trinajstić information content (AvgIpc) is 2.65. The molecule has 0 atom stereocenters. The SMILES string of the molecule is COc1cc2c(cc1OC)CN(C(=O)c1ccc(NS(C)(=O)=O)cc1)CC2. The number of sulfonamides is 1. The molecule has 1 amide bonds. The number of benzene rings is 2. The van der Waals surface area contributed by atoms with E-state index < -0.39 is 10.0 Å². The minimum atomic E-state index is -3.34. The number of hydrogen-bond acceptors (Lipinski definition) is 5. The largest absolute Gasteiger partial charge is 0.493 e. The summed E-state index contributed by atoms with van der Waals surface area (Å²) in [5.41, 5.74) is 3.11. The molecule has 0 aliphatic carbocycles. The zero-order valence-electron chi connectivity index (χ0n) is 15.5. The first-order valence-corrected chi connectivity index (χ1v) is 10.3. The number of nitrogens with one attached hydrogen (secondary N) is 1. The van der Waals surface area contributed by atoms with Crippen LogP contribution in [0, 0.1) is 0 Å².